The van der Waals surface area contributed by atoms with Gasteiger partial charge >= 0.3 is 12.1 Å². The van der Waals surface area contributed by atoms with E-state index in [0.29, 0.717) is 25.2 Å². The van der Waals surface area contributed by atoms with Crippen molar-refractivity contribution >= 4 is 53.5 Å². The summed E-state index contributed by atoms with van der Waals surface area (Å²) in [6, 6.07) is 40.7. The summed E-state index contributed by atoms with van der Waals surface area (Å²) in [5.41, 5.74) is 8.47. The van der Waals surface area contributed by atoms with Crippen LogP contribution in [0.25, 0.3) is 24.3 Å². The number of nitrogens with zero attached hydrogens (tertiary/aromatic N) is 1. The van der Waals surface area contributed by atoms with Crippen LogP contribution in [0.1, 0.15) is 47.6 Å². The normalized spacial score (nSPS) is 11.0. The number of hydrogen-bond acceptors (Lipinski definition) is 7. The molecule has 0 aromatic heterocycles. The van der Waals surface area contributed by atoms with E-state index in [9.17, 15) is 9.59 Å². The third-order valence-corrected chi connectivity index (χ3v) is 7.77. The quantitative estimate of drug-likeness (QED) is 0.0505. The summed E-state index contributed by atoms with van der Waals surface area (Å²) in [4.78, 5) is 25.2. The highest BCUT2D eigenvalue weighted by Crippen LogP contribution is 2.35. The van der Waals surface area contributed by atoms with Crippen molar-refractivity contribution in [3.63, 3.8) is 0 Å². The first-order chi connectivity index (χ1) is 24.4. The molecule has 50 heavy (non-hydrogen) atoms. The van der Waals surface area contributed by atoms with E-state index >= 15 is 0 Å². The summed E-state index contributed by atoms with van der Waals surface area (Å²) in [6.07, 6.45) is 8.60. The highest BCUT2D eigenvalue weighted by Gasteiger charge is 2.12. The molecule has 0 aliphatic rings. The second-order valence-corrected chi connectivity index (χ2v) is 11.6. The largest absolute Gasteiger partial charge is 0.513 e. The van der Waals surface area contributed by atoms with Crippen molar-refractivity contribution in [3.8, 4) is 11.5 Å². The number of anilines is 3. The fraction of sp³-hybridized carbons (Fsp3) is 0.163. The first-order valence-electron chi connectivity index (χ1n) is 16.5. The predicted octanol–water partition coefficient (Wildman–Crippen LogP) is 10.7. The molecular formula is C43H41NO6. The molecule has 0 heterocycles. The van der Waals surface area contributed by atoms with E-state index in [2.05, 4.69) is 96.8 Å². The summed E-state index contributed by atoms with van der Waals surface area (Å²) in [5.74, 6) is 0.906. The fourth-order valence-corrected chi connectivity index (χ4v) is 5.09. The van der Waals surface area contributed by atoms with Crippen molar-refractivity contribution in [2.75, 3.05) is 25.2 Å². The Balaban J connectivity index is 1.24. The van der Waals surface area contributed by atoms with Gasteiger partial charge in [-0.3, -0.25) is 4.79 Å². The van der Waals surface area contributed by atoms with E-state index in [-0.39, 0.29) is 12.6 Å². The number of hydrogen-bond donors (Lipinski definition) is 0. The van der Waals surface area contributed by atoms with E-state index < -0.39 is 6.16 Å². The zero-order valence-corrected chi connectivity index (χ0v) is 28.6. The molecule has 0 saturated carbocycles. The van der Waals surface area contributed by atoms with Gasteiger partial charge in [-0.15, -0.1) is 0 Å². The van der Waals surface area contributed by atoms with Crippen molar-refractivity contribution in [1.82, 2.24) is 0 Å². The first kappa shape index (κ1) is 35.2. The molecule has 0 N–H and O–H groups in total. The van der Waals surface area contributed by atoms with Crippen LogP contribution in [0.3, 0.4) is 0 Å². The topological polar surface area (TPSA) is 74.3 Å². The second-order valence-electron chi connectivity index (χ2n) is 11.6. The molecule has 0 spiro atoms. The minimum atomic E-state index is -0.771. The molecule has 254 valence electrons. The Labute approximate surface area is 294 Å². The highest BCUT2D eigenvalue weighted by atomic mass is 16.7. The third kappa shape index (κ3) is 10.7. The number of esters is 1. The zero-order chi connectivity index (χ0) is 35.1. The molecule has 7 heteroatoms. The Morgan fingerprint density at radius 2 is 1.06 bits per heavy atom. The molecular weight excluding hydrogens is 626 g/mol. The monoisotopic (exact) mass is 667 g/mol. The molecule has 0 amide bonds. The number of rotatable bonds is 14. The Morgan fingerprint density at radius 1 is 0.580 bits per heavy atom. The smallest absolute Gasteiger partial charge is 0.497 e. The number of aryl methyl sites for hydroxylation is 1. The lowest BCUT2D eigenvalue weighted by atomic mass is 10.1. The number of carbonyl (C=O) groups is 2. The van der Waals surface area contributed by atoms with Crippen LogP contribution in [0.15, 0.2) is 121 Å². The molecule has 0 saturated heterocycles. The van der Waals surface area contributed by atoms with Crippen LogP contribution in [-0.2, 0) is 14.3 Å². The second kappa shape index (κ2) is 17.9. The van der Waals surface area contributed by atoms with Crippen molar-refractivity contribution in [3.05, 3.63) is 149 Å². The average Bonchev–Trinajstić information content (AvgIpc) is 3.13. The van der Waals surface area contributed by atoms with Crippen molar-refractivity contribution in [2.24, 2.45) is 0 Å². The molecule has 0 aliphatic carbocycles. The van der Waals surface area contributed by atoms with E-state index in [1.54, 1.807) is 19.2 Å². The van der Waals surface area contributed by atoms with Crippen molar-refractivity contribution in [2.45, 2.75) is 26.7 Å². The molecule has 0 unspecified atom stereocenters. The summed E-state index contributed by atoms with van der Waals surface area (Å²) in [6.45, 7) is 3.94. The Kier molecular flexibility index (Phi) is 12.6. The summed E-state index contributed by atoms with van der Waals surface area (Å²) in [7, 11) is 1.67. The standard InChI is InChI=1S/C43H41NO6/c1-32-9-21-38(22-10-32)44(39-23-15-34(16-24-39)11-12-36-19-27-41(47-3)28-20-36)40-25-17-35(18-26-40)13-14-37-7-6-8-42(31-37)50-43(46)49-30-5-4-29-48-33(2)45/h6-28,31H,4-5,29-30H2,1-3H3. The van der Waals surface area contributed by atoms with Gasteiger partial charge in [-0.25, -0.2) is 4.79 Å². The molecule has 0 fully saturated rings. The van der Waals surface area contributed by atoms with Gasteiger partial charge in [0, 0.05) is 24.0 Å². The van der Waals surface area contributed by atoms with Crippen LogP contribution in [-0.4, -0.2) is 32.4 Å². The first-order valence-corrected chi connectivity index (χ1v) is 16.5. The molecule has 5 aromatic rings. The maximum Gasteiger partial charge on any atom is 0.513 e. The van der Waals surface area contributed by atoms with Crippen LogP contribution >= 0.6 is 0 Å². The minimum Gasteiger partial charge on any atom is -0.497 e. The van der Waals surface area contributed by atoms with Crippen LogP contribution in [0.5, 0.6) is 11.5 Å². The van der Waals surface area contributed by atoms with Gasteiger partial charge in [-0.05, 0) is 103 Å². The minimum absolute atomic E-state index is 0.186. The summed E-state index contributed by atoms with van der Waals surface area (Å²) in [5, 5.41) is 0. The molecule has 5 aromatic carbocycles. The predicted molar refractivity (Wildman–Crippen MR) is 201 cm³/mol. The maximum atomic E-state index is 12.1. The zero-order valence-electron chi connectivity index (χ0n) is 28.6. The number of methoxy groups -OCH3 is 1. The van der Waals surface area contributed by atoms with Crippen molar-refractivity contribution in [1.29, 1.82) is 0 Å². The van der Waals surface area contributed by atoms with E-state index in [0.717, 1.165) is 45.1 Å². The molecule has 0 aliphatic heterocycles. The lowest BCUT2D eigenvalue weighted by Crippen LogP contribution is -2.12. The maximum absolute atomic E-state index is 12.1. The third-order valence-electron chi connectivity index (χ3n) is 7.77. The molecule has 7 nitrogen and oxygen atoms in total. The highest BCUT2D eigenvalue weighted by molar-refractivity contribution is 5.79. The van der Waals surface area contributed by atoms with Gasteiger partial charge in [0.1, 0.15) is 11.5 Å². The molecule has 0 atom stereocenters. The van der Waals surface area contributed by atoms with Crippen LogP contribution < -0.4 is 14.4 Å². The van der Waals surface area contributed by atoms with Gasteiger partial charge in [0.05, 0.1) is 20.3 Å². The van der Waals surface area contributed by atoms with Gasteiger partial charge < -0.3 is 23.8 Å². The van der Waals surface area contributed by atoms with E-state index in [1.807, 2.05) is 48.6 Å². The molecule has 5 rings (SSSR count). The molecule has 0 radical (unpaired) electrons. The van der Waals surface area contributed by atoms with Gasteiger partial charge in [-0.1, -0.05) is 90.5 Å². The lowest BCUT2D eigenvalue weighted by molar-refractivity contribution is -0.141. The van der Waals surface area contributed by atoms with Crippen LogP contribution in [0, 0.1) is 6.92 Å². The van der Waals surface area contributed by atoms with Crippen LogP contribution in [0.4, 0.5) is 21.9 Å². The SMILES string of the molecule is COc1ccc(C=Cc2ccc(N(c3ccc(C)cc3)c3ccc(C=Cc4cccc(OC(=O)OCCCCOC(C)=O)c4)cc3)cc2)cc1. The van der Waals surface area contributed by atoms with E-state index in [1.165, 1.54) is 12.5 Å². The Bertz CT molecular complexity index is 1890. The Hall–Kier alpha value is -6.08. The number of carbonyl (C=O) groups excluding carboxylic acids is 2. The number of ether oxygens (including phenoxy) is 4. The lowest BCUT2D eigenvalue weighted by Gasteiger charge is -2.26. The van der Waals surface area contributed by atoms with E-state index in [4.69, 9.17) is 18.9 Å². The fourth-order valence-electron chi connectivity index (χ4n) is 5.09. The average molecular weight is 668 g/mol. The van der Waals surface area contributed by atoms with Crippen LogP contribution in [0.2, 0.25) is 0 Å². The van der Waals surface area contributed by atoms with Gasteiger partial charge in [0.2, 0.25) is 0 Å². The number of benzene rings is 5. The molecule has 0 bridgehead atoms. The van der Waals surface area contributed by atoms with Gasteiger partial charge in [0.25, 0.3) is 0 Å². The summed E-state index contributed by atoms with van der Waals surface area (Å²) >= 11 is 0. The summed E-state index contributed by atoms with van der Waals surface area (Å²) < 4.78 is 20.6. The van der Waals surface area contributed by atoms with Gasteiger partial charge in [0.15, 0.2) is 0 Å². The Morgan fingerprint density at radius 3 is 1.58 bits per heavy atom. The van der Waals surface area contributed by atoms with Gasteiger partial charge in [-0.2, -0.15) is 0 Å². The van der Waals surface area contributed by atoms with Crippen molar-refractivity contribution < 1.29 is 28.5 Å². The number of unbranched alkanes of at least 4 members (excludes halogenated alkanes) is 1.